The maximum absolute atomic E-state index is 9.59. The molecule has 0 fully saturated rings. The molecule has 0 aliphatic heterocycles. The molecule has 0 radical (unpaired) electrons. The number of benzene rings is 2. The fourth-order valence-corrected chi connectivity index (χ4v) is 1.77. The summed E-state index contributed by atoms with van der Waals surface area (Å²) in [4.78, 5) is 0. The van der Waals surface area contributed by atoms with Crippen molar-refractivity contribution < 1.29 is 5.11 Å². The molecule has 0 saturated carbocycles. The highest BCUT2D eigenvalue weighted by Gasteiger charge is 2.04. The third-order valence-electron chi connectivity index (χ3n) is 2.10. The third kappa shape index (κ3) is 2.40. The molecule has 4 heteroatoms. The van der Waals surface area contributed by atoms with Crippen molar-refractivity contribution in [1.82, 2.24) is 0 Å². The van der Waals surface area contributed by atoms with Crippen molar-refractivity contribution in [1.29, 1.82) is 0 Å². The molecule has 2 rings (SSSR count). The van der Waals surface area contributed by atoms with Gasteiger partial charge in [0.05, 0.1) is 16.4 Å². The number of anilines is 2. The minimum Gasteiger partial charge on any atom is -0.506 e. The van der Waals surface area contributed by atoms with Crippen molar-refractivity contribution >= 4 is 34.6 Å². The zero-order valence-electron chi connectivity index (χ0n) is 8.24. The summed E-state index contributed by atoms with van der Waals surface area (Å²) in [6, 6.07) is 12.1. The summed E-state index contributed by atoms with van der Waals surface area (Å²) in [5.74, 6) is 0.175. The van der Waals surface area contributed by atoms with Crippen molar-refractivity contribution in [2.45, 2.75) is 0 Å². The van der Waals surface area contributed by atoms with Gasteiger partial charge in [0.1, 0.15) is 5.75 Å². The minimum atomic E-state index is 0.175. The normalized spacial score (nSPS) is 10.1. The highest BCUT2D eigenvalue weighted by atomic mass is 35.5. The minimum absolute atomic E-state index is 0.175. The summed E-state index contributed by atoms with van der Waals surface area (Å²) in [6.07, 6.45) is 0. The van der Waals surface area contributed by atoms with Crippen LogP contribution in [0.4, 0.5) is 11.4 Å². The van der Waals surface area contributed by atoms with Crippen LogP contribution in [0.25, 0.3) is 0 Å². The first-order valence-electron chi connectivity index (χ1n) is 4.67. The topological polar surface area (TPSA) is 32.3 Å². The molecule has 0 aromatic heterocycles. The molecular weight excluding hydrogens is 245 g/mol. The molecule has 82 valence electrons. The molecule has 0 heterocycles. The third-order valence-corrected chi connectivity index (χ3v) is 2.65. The first-order valence-corrected chi connectivity index (χ1v) is 5.42. The Labute approximate surface area is 103 Å². The van der Waals surface area contributed by atoms with Gasteiger partial charge in [0.15, 0.2) is 0 Å². The first kappa shape index (κ1) is 11.1. The number of hydrogen-bond donors (Lipinski definition) is 2. The van der Waals surface area contributed by atoms with Gasteiger partial charge in [-0.3, -0.25) is 0 Å². The van der Waals surface area contributed by atoms with E-state index < -0.39 is 0 Å². The number of hydrogen-bond acceptors (Lipinski definition) is 2. The molecular formula is C12H9Cl2NO. The van der Waals surface area contributed by atoms with E-state index in [2.05, 4.69) is 5.32 Å². The van der Waals surface area contributed by atoms with E-state index >= 15 is 0 Å². The smallest absolute Gasteiger partial charge is 0.139 e. The van der Waals surface area contributed by atoms with Crippen molar-refractivity contribution in [2.75, 3.05) is 5.32 Å². The summed E-state index contributed by atoms with van der Waals surface area (Å²) in [6.45, 7) is 0. The second-order valence-corrected chi connectivity index (χ2v) is 4.11. The number of rotatable bonds is 2. The summed E-state index contributed by atoms with van der Waals surface area (Å²) in [5, 5.41) is 13.7. The van der Waals surface area contributed by atoms with Crippen LogP contribution in [-0.2, 0) is 0 Å². The van der Waals surface area contributed by atoms with Gasteiger partial charge < -0.3 is 10.4 Å². The summed E-state index contributed by atoms with van der Waals surface area (Å²) in [7, 11) is 0. The Morgan fingerprint density at radius 3 is 2.38 bits per heavy atom. The monoisotopic (exact) mass is 253 g/mol. The molecule has 0 spiro atoms. The summed E-state index contributed by atoms with van der Waals surface area (Å²) >= 11 is 11.8. The number of para-hydroxylation sites is 2. The van der Waals surface area contributed by atoms with Crippen LogP contribution in [0, 0.1) is 0 Å². The summed E-state index contributed by atoms with van der Waals surface area (Å²) < 4.78 is 0. The highest BCUT2D eigenvalue weighted by Crippen LogP contribution is 2.31. The zero-order valence-corrected chi connectivity index (χ0v) is 9.76. The second kappa shape index (κ2) is 4.64. The molecule has 0 atom stereocenters. The molecule has 16 heavy (non-hydrogen) atoms. The second-order valence-electron chi connectivity index (χ2n) is 3.27. The lowest BCUT2D eigenvalue weighted by molar-refractivity contribution is 0.478. The van der Waals surface area contributed by atoms with Crippen molar-refractivity contribution in [3.8, 4) is 5.75 Å². The Hall–Kier alpha value is -1.38. The largest absolute Gasteiger partial charge is 0.506 e. The van der Waals surface area contributed by atoms with Gasteiger partial charge in [-0.2, -0.15) is 0 Å². The lowest BCUT2D eigenvalue weighted by Crippen LogP contribution is -1.91. The number of phenols is 1. The SMILES string of the molecule is Oc1ccccc1Nc1ccc(Cl)cc1Cl. The van der Waals surface area contributed by atoms with Gasteiger partial charge in [0, 0.05) is 5.02 Å². The van der Waals surface area contributed by atoms with Crippen molar-refractivity contribution in [3.63, 3.8) is 0 Å². The van der Waals surface area contributed by atoms with Crippen LogP contribution >= 0.6 is 23.2 Å². The predicted octanol–water partition coefficient (Wildman–Crippen LogP) is 4.44. The van der Waals surface area contributed by atoms with Gasteiger partial charge in [-0.1, -0.05) is 35.3 Å². The van der Waals surface area contributed by atoms with Gasteiger partial charge in [-0.05, 0) is 30.3 Å². The van der Waals surface area contributed by atoms with Crippen LogP contribution in [0.5, 0.6) is 5.75 Å². The van der Waals surface area contributed by atoms with Gasteiger partial charge in [-0.25, -0.2) is 0 Å². The van der Waals surface area contributed by atoms with E-state index in [1.165, 1.54) is 0 Å². The van der Waals surface area contributed by atoms with E-state index in [9.17, 15) is 5.11 Å². The highest BCUT2D eigenvalue weighted by molar-refractivity contribution is 6.36. The van der Waals surface area contributed by atoms with E-state index in [-0.39, 0.29) is 5.75 Å². The van der Waals surface area contributed by atoms with E-state index in [1.54, 1.807) is 36.4 Å². The summed E-state index contributed by atoms with van der Waals surface area (Å²) in [5.41, 5.74) is 1.30. The van der Waals surface area contributed by atoms with E-state index in [0.29, 0.717) is 21.4 Å². The van der Waals surface area contributed by atoms with Crippen LogP contribution in [-0.4, -0.2) is 5.11 Å². The Morgan fingerprint density at radius 1 is 0.938 bits per heavy atom. The fraction of sp³-hybridized carbons (Fsp3) is 0. The molecule has 0 bridgehead atoms. The fourth-order valence-electron chi connectivity index (χ4n) is 1.32. The molecule has 0 aliphatic rings. The van der Waals surface area contributed by atoms with E-state index in [0.717, 1.165) is 0 Å². The lowest BCUT2D eigenvalue weighted by Gasteiger charge is -2.09. The number of aromatic hydroxyl groups is 1. The maximum atomic E-state index is 9.59. The van der Waals surface area contributed by atoms with Crippen LogP contribution < -0.4 is 5.32 Å². The molecule has 0 unspecified atom stereocenters. The van der Waals surface area contributed by atoms with Crippen LogP contribution in [0.15, 0.2) is 42.5 Å². The average molecular weight is 254 g/mol. The molecule has 2 nitrogen and oxygen atoms in total. The quantitative estimate of drug-likeness (QED) is 0.776. The van der Waals surface area contributed by atoms with Crippen molar-refractivity contribution in [3.05, 3.63) is 52.5 Å². The molecule has 0 aliphatic carbocycles. The Morgan fingerprint density at radius 2 is 1.69 bits per heavy atom. The standard InChI is InChI=1S/C12H9Cl2NO/c13-8-5-6-10(9(14)7-8)15-11-3-1-2-4-12(11)16/h1-7,15-16H. The van der Waals surface area contributed by atoms with E-state index in [4.69, 9.17) is 23.2 Å². The van der Waals surface area contributed by atoms with Crippen LogP contribution in [0.3, 0.4) is 0 Å². The average Bonchev–Trinajstić information content (AvgIpc) is 2.25. The van der Waals surface area contributed by atoms with Gasteiger partial charge in [0.2, 0.25) is 0 Å². The molecule has 2 aromatic carbocycles. The number of phenolic OH excluding ortho intramolecular Hbond substituents is 1. The van der Waals surface area contributed by atoms with Crippen LogP contribution in [0.1, 0.15) is 0 Å². The zero-order chi connectivity index (χ0) is 11.5. The molecule has 0 amide bonds. The number of halogens is 2. The number of nitrogens with one attached hydrogen (secondary N) is 1. The first-order chi connectivity index (χ1) is 7.66. The lowest BCUT2D eigenvalue weighted by atomic mass is 10.2. The predicted molar refractivity (Wildman–Crippen MR) is 67.9 cm³/mol. The molecule has 2 aromatic rings. The molecule has 2 N–H and O–H groups in total. The maximum Gasteiger partial charge on any atom is 0.139 e. The van der Waals surface area contributed by atoms with Crippen molar-refractivity contribution in [2.24, 2.45) is 0 Å². The van der Waals surface area contributed by atoms with Gasteiger partial charge >= 0.3 is 0 Å². The van der Waals surface area contributed by atoms with Crippen LogP contribution in [0.2, 0.25) is 10.0 Å². The Balaban J connectivity index is 2.31. The van der Waals surface area contributed by atoms with E-state index in [1.807, 2.05) is 6.07 Å². The van der Waals surface area contributed by atoms with Gasteiger partial charge in [0.25, 0.3) is 0 Å². The van der Waals surface area contributed by atoms with Gasteiger partial charge in [-0.15, -0.1) is 0 Å². The molecule has 0 saturated heterocycles. The Kier molecular flexibility index (Phi) is 3.22. The Bertz CT molecular complexity index is 514.